The molecule has 19 heavy (non-hydrogen) atoms. The van der Waals surface area contributed by atoms with Crippen LogP contribution in [0.15, 0.2) is 36.4 Å². The molecule has 0 radical (unpaired) electrons. The fourth-order valence-electron chi connectivity index (χ4n) is 1.69. The van der Waals surface area contributed by atoms with E-state index in [1.54, 1.807) is 12.1 Å². The van der Waals surface area contributed by atoms with Crippen molar-refractivity contribution in [1.82, 2.24) is 0 Å². The van der Waals surface area contributed by atoms with Gasteiger partial charge in [0.25, 0.3) is 5.91 Å². The van der Waals surface area contributed by atoms with E-state index in [9.17, 15) is 9.18 Å². The number of amides is 1. The standard InChI is InChI=1S/C14H12ClFN2O/c1-8-4-9(6-10(15)5-8)14(19)18-13-3-2-11(17)7-12(13)16/h2-7H,17H2,1H3,(H,18,19). The molecule has 0 unspecified atom stereocenters. The summed E-state index contributed by atoms with van der Waals surface area (Å²) in [6.07, 6.45) is 0. The van der Waals surface area contributed by atoms with Gasteiger partial charge in [0.05, 0.1) is 5.69 Å². The number of nitrogens with one attached hydrogen (secondary N) is 1. The molecule has 2 rings (SSSR count). The van der Waals surface area contributed by atoms with Crippen LogP contribution in [0.1, 0.15) is 15.9 Å². The number of benzene rings is 2. The maximum atomic E-state index is 13.6. The molecule has 3 N–H and O–H groups in total. The number of carbonyl (C=O) groups excluding carboxylic acids is 1. The number of aryl methyl sites for hydroxylation is 1. The molecular weight excluding hydrogens is 267 g/mol. The molecular formula is C14H12ClFN2O. The highest BCUT2D eigenvalue weighted by molar-refractivity contribution is 6.31. The number of nitrogen functional groups attached to an aromatic ring is 1. The zero-order valence-electron chi connectivity index (χ0n) is 10.2. The van der Waals surface area contributed by atoms with Crippen LogP contribution in [0, 0.1) is 12.7 Å². The summed E-state index contributed by atoms with van der Waals surface area (Å²) in [7, 11) is 0. The van der Waals surface area contributed by atoms with Crippen molar-refractivity contribution in [3.63, 3.8) is 0 Å². The van der Waals surface area contributed by atoms with Crippen molar-refractivity contribution in [3.8, 4) is 0 Å². The van der Waals surface area contributed by atoms with Crippen molar-refractivity contribution in [3.05, 3.63) is 58.4 Å². The van der Waals surface area contributed by atoms with Crippen molar-refractivity contribution >= 4 is 28.9 Å². The third-order valence-electron chi connectivity index (χ3n) is 2.55. The van der Waals surface area contributed by atoms with E-state index >= 15 is 0 Å². The van der Waals surface area contributed by atoms with Gasteiger partial charge in [-0.05, 0) is 48.9 Å². The molecule has 5 heteroatoms. The van der Waals surface area contributed by atoms with E-state index in [-0.39, 0.29) is 5.69 Å². The van der Waals surface area contributed by atoms with Gasteiger partial charge in [-0.15, -0.1) is 0 Å². The van der Waals surface area contributed by atoms with E-state index in [4.69, 9.17) is 17.3 Å². The van der Waals surface area contributed by atoms with E-state index in [0.29, 0.717) is 16.3 Å². The Morgan fingerprint density at radius 2 is 2.00 bits per heavy atom. The average Bonchev–Trinajstić information content (AvgIpc) is 2.31. The molecule has 0 aliphatic carbocycles. The minimum atomic E-state index is -0.577. The minimum absolute atomic E-state index is 0.0804. The number of carbonyl (C=O) groups is 1. The molecule has 0 aliphatic heterocycles. The number of nitrogens with two attached hydrogens (primary N) is 1. The third-order valence-corrected chi connectivity index (χ3v) is 2.76. The molecule has 1 amide bonds. The fourth-order valence-corrected chi connectivity index (χ4v) is 1.98. The molecule has 0 spiro atoms. The second kappa shape index (κ2) is 5.28. The van der Waals surface area contributed by atoms with Crippen molar-refractivity contribution in [2.75, 3.05) is 11.1 Å². The first-order valence-corrected chi connectivity index (χ1v) is 5.97. The lowest BCUT2D eigenvalue weighted by molar-refractivity contribution is 0.102. The van der Waals surface area contributed by atoms with Crippen LogP contribution in [0.4, 0.5) is 15.8 Å². The summed E-state index contributed by atoms with van der Waals surface area (Å²) >= 11 is 5.88. The first-order chi connectivity index (χ1) is 8.95. The van der Waals surface area contributed by atoms with Crippen molar-refractivity contribution in [2.24, 2.45) is 0 Å². The molecule has 0 saturated heterocycles. The highest BCUT2D eigenvalue weighted by Gasteiger charge is 2.10. The second-order valence-corrected chi connectivity index (χ2v) is 4.65. The van der Waals surface area contributed by atoms with Crippen molar-refractivity contribution < 1.29 is 9.18 Å². The van der Waals surface area contributed by atoms with E-state index in [1.165, 1.54) is 18.2 Å². The summed E-state index contributed by atoms with van der Waals surface area (Å²) in [5.41, 5.74) is 7.05. The number of anilines is 2. The summed E-state index contributed by atoms with van der Waals surface area (Å²) in [6.45, 7) is 1.83. The molecule has 0 atom stereocenters. The second-order valence-electron chi connectivity index (χ2n) is 4.21. The van der Waals surface area contributed by atoms with Gasteiger partial charge in [-0.25, -0.2) is 4.39 Å². The first-order valence-electron chi connectivity index (χ1n) is 5.59. The molecule has 0 bridgehead atoms. The summed E-state index contributed by atoms with van der Waals surface area (Å²) in [5, 5.41) is 2.94. The topological polar surface area (TPSA) is 55.1 Å². The molecule has 98 valence electrons. The average molecular weight is 279 g/mol. The highest BCUT2D eigenvalue weighted by Crippen LogP contribution is 2.19. The van der Waals surface area contributed by atoms with Gasteiger partial charge in [0.2, 0.25) is 0 Å². The van der Waals surface area contributed by atoms with Gasteiger partial charge in [-0.3, -0.25) is 4.79 Å². The monoisotopic (exact) mass is 278 g/mol. The highest BCUT2D eigenvalue weighted by atomic mass is 35.5. The Bertz CT molecular complexity index is 623. The normalized spacial score (nSPS) is 10.3. The van der Waals surface area contributed by atoms with Crippen LogP contribution in [0.5, 0.6) is 0 Å². The summed E-state index contributed by atoms with van der Waals surface area (Å²) in [6, 6.07) is 9.03. The van der Waals surface area contributed by atoms with Crippen LogP contribution < -0.4 is 11.1 Å². The number of hydrogen-bond donors (Lipinski definition) is 2. The van der Waals surface area contributed by atoms with Gasteiger partial charge in [0.15, 0.2) is 0 Å². The predicted molar refractivity (Wildman–Crippen MR) is 75.0 cm³/mol. The zero-order valence-corrected chi connectivity index (χ0v) is 11.0. The van der Waals surface area contributed by atoms with Gasteiger partial charge in [-0.1, -0.05) is 11.6 Å². The Kier molecular flexibility index (Phi) is 3.71. The lowest BCUT2D eigenvalue weighted by Gasteiger charge is -2.08. The Morgan fingerprint density at radius 3 is 2.63 bits per heavy atom. The first kappa shape index (κ1) is 13.4. The van der Waals surface area contributed by atoms with Crippen LogP contribution in [0.2, 0.25) is 5.02 Å². The molecule has 0 aliphatic rings. The van der Waals surface area contributed by atoms with Crippen LogP contribution in [-0.4, -0.2) is 5.91 Å². The van der Waals surface area contributed by atoms with Crippen LogP contribution in [0.3, 0.4) is 0 Å². The fraction of sp³-hybridized carbons (Fsp3) is 0.0714. The van der Waals surface area contributed by atoms with Crippen LogP contribution in [-0.2, 0) is 0 Å². The van der Waals surface area contributed by atoms with Gasteiger partial charge in [0, 0.05) is 16.3 Å². The lowest BCUT2D eigenvalue weighted by atomic mass is 10.1. The summed E-state index contributed by atoms with van der Waals surface area (Å²) in [4.78, 5) is 12.0. The van der Waals surface area contributed by atoms with Gasteiger partial charge in [0.1, 0.15) is 5.82 Å². The lowest BCUT2D eigenvalue weighted by Crippen LogP contribution is -2.13. The molecule has 2 aromatic rings. The number of rotatable bonds is 2. The van der Waals surface area contributed by atoms with Crippen molar-refractivity contribution in [1.29, 1.82) is 0 Å². The molecule has 3 nitrogen and oxygen atoms in total. The molecule has 0 saturated carbocycles. The smallest absolute Gasteiger partial charge is 0.255 e. The van der Waals surface area contributed by atoms with E-state index in [0.717, 1.165) is 11.6 Å². The molecule has 2 aromatic carbocycles. The Morgan fingerprint density at radius 1 is 1.26 bits per heavy atom. The quantitative estimate of drug-likeness (QED) is 0.824. The SMILES string of the molecule is Cc1cc(Cl)cc(C(=O)Nc2ccc(N)cc2F)c1. The van der Waals surface area contributed by atoms with Crippen LogP contribution >= 0.6 is 11.6 Å². The van der Waals surface area contributed by atoms with Crippen LogP contribution in [0.25, 0.3) is 0 Å². The predicted octanol–water partition coefficient (Wildman–Crippen LogP) is 3.62. The van der Waals surface area contributed by atoms with E-state index in [2.05, 4.69) is 5.32 Å². The number of halogens is 2. The Hall–Kier alpha value is -2.07. The molecule has 0 aromatic heterocycles. The Labute approximate surface area is 115 Å². The van der Waals surface area contributed by atoms with Gasteiger partial charge in [-0.2, -0.15) is 0 Å². The number of hydrogen-bond acceptors (Lipinski definition) is 2. The zero-order chi connectivity index (χ0) is 14.0. The summed E-state index contributed by atoms with van der Waals surface area (Å²) in [5.74, 6) is -0.999. The third kappa shape index (κ3) is 3.23. The van der Waals surface area contributed by atoms with Gasteiger partial charge < -0.3 is 11.1 Å². The largest absolute Gasteiger partial charge is 0.399 e. The Balaban J connectivity index is 2.25. The summed E-state index contributed by atoms with van der Waals surface area (Å²) < 4.78 is 13.6. The van der Waals surface area contributed by atoms with Crippen molar-refractivity contribution in [2.45, 2.75) is 6.92 Å². The maximum Gasteiger partial charge on any atom is 0.255 e. The molecule has 0 heterocycles. The van der Waals surface area contributed by atoms with Gasteiger partial charge >= 0.3 is 0 Å². The van der Waals surface area contributed by atoms with E-state index in [1.807, 2.05) is 6.92 Å². The van der Waals surface area contributed by atoms with E-state index < -0.39 is 11.7 Å². The minimum Gasteiger partial charge on any atom is -0.399 e. The maximum absolute atomic E-state index is 13.6. The molecule has 0 fully saturated rings.